The Balaban J connectivity index is 1.90. The molecule has 6 heteroatoms. The van der Waals surface area contributed by atoms with E-state index >= 15 is 0 Å². The molecule has 1 saturated heterocycles. The summed E-state index contributed by atoms with van der Waals surface area (Å²) in [6.45, 7) is -11.5. The normalized spacial score (nSPS) is 36.4. The van der Waals surface area contributed by atoms with Gasteiger partial charge in [0.1, 0.15) is 0 Å². The Bertz CT molecular complexity index is 1050. The number of carbonyl (C=O) groups is 1. The maximum Gasteiger partial charge on any atom is 0.317 e. The summed E-state index contributed by atoms with van der Waals surface area (Å²) in [5.41, 5.74) is -0.698. The number of halogens is 1. The Kier molecular flexibility index (Phi) is 3.89. The fourth-order valence-corrected chi connectivity index (χ4v) is 3.52. The molecule has 0 atom stereocenters. The summed E-state index contributed by atoms with van der Waals surface area (Å²) in [6.07, 6.45) is 3.03. The van der Waals surface area contributed by atoms with Crippen molar-refractivity contribution in [2.45, 2.75) is 45.1 Å². The summed E-state index contributed by atoms with van der Waals surface area (Å²) < 4.78 is 93.9. The van der Waals surface area contributed by atoms with Gasteiger partial charge >= 0.3 is 6.03 Å². The van der Waals surface area contributed by atoms with Crippen molar-refractivity contribution in [3.63, 3.8) is 0 Å². The second-order valence-electron chi connectivity index (χ2n) is 7.45. The molecule has 1 aromatic carbocycles. The minimum Gasteiger partial charge on any atom is -0.368 e. The zero-order valence-corrected chi connectivity index (χ0v) is 17.3. The van der Waals surface area contributed by atoms with E-state index < -0.39 is 54.8 Å². The second-order valence-corrected chi connectivity index (χ2v) is 7.83. The molecule has 1 heterocycles. The summed E-state index contributed by atoms with van der Waals surface area (Å²) >= 11 is 6.32. The van der Waals surface area contributed by atoms with Gasteiger partial charge in [-0.15, -0.1) is 0 Å². The van der Waals surface area contributed by atoms with E-state index in [2.05, 4.69) is 5.32 Å². The van der Waals surface area contributed by atoms with E-state index in [0.29, 0.717) is 30.6 Å². The number of hydrogen-bond acceptors (Lipinski definition) is 3. The highest BCUT2D eigenvalue weighted by molar-refractivity contribution is 6.34. The largest absolute Gasteiger partial charge is 0.368 e. The minimum absolute atomic E-state index is 0.00912. The lowest BCUT2D eigenvalue weighted by atomic mass is 9.84. The van der Waals surface area contributed by atoms with E-state index in [1.54, 1.807) is 14.1 Å². The first-order valence-corrected chi connectivity index (χ1v) is 9.90. The van der Waals surface area contributed by atoms with E-state index in [1.165, 1.54) is 11.8 Å². The van der Waals surface area contributed by atoms with Crippen molar-refractivity contribution in [1.82, 2.24) is 15.1 Å². The zero-order valence-electron chi connectivity index (χ0n) is 27.5. The molecule has 0 aromatic heterocycles. The first kappa shape index (κ1) is 11.1. The average Bonchev–Trinajstić information content (AvgIpc) is 2.83. The van der Waals surface area contributed by atoms with Crippen LogP contribution in [0, 0.1) is 12.8 Å². The first-order chi connectivity index (χ1) is 17.7. The van der Waals surface area contributed by atoms with Gasteiger partial charge in [-0.1, -0.05) is 23.7 Å². The zero-order chi connectivity index (χ0) is 29.9. The molecule has 1 aliphatic carbocycles. The van der Waals surface area contributed by atoms with Crippen LogP contribution in [0.4, 0.5) is 10.5 Å². The predicted molar refractivity (Wildman–Crippen MR) is 117 cm³/mol. The number of urea groups is 1. The van der Waals surface area contributed by atoms with Crippen LogP contribution in [0.2, 0.25) is 5.02 Å². The Morgan fingerprint density at radius 2 is 1.93 bits per heavy atom. The van der Waals surface area contributed by atoms with Gasteiger partial charge in [0.2, 0.25) is 0 Å². The summed E-state index contributed by atoms with van der Waals surface area (Å²) in [5.74, 6) is 0.0475. The number of benzene rings is 1. The SMILES string of the molecule is [2H]c1c([2H])c(C)c(Cl)c(N2C([2H])([2H])C([2H])([2H])N(CC[C@H]3CC[C@H](NC(=O)N(C)C)CC3)C([2H])([2H])C2([2H])[2H])c1[2H]. The van der Waals surface area contributed by atoms with Gasteiger partial charge in [0, 0.05) is 51.6 Å². The van der Waals surface area contributed by atoms with Crippen LogP contribution < -0.4 is 10.2 Å². The highest BCUT2D eigenvalue weighted by Gasteiger charge is 2.24. The highest BCUT2D eigenvalue weighted by Crippen LogP contribution is 2.30. The fraction of sp³-hybridized carbons (Fsp3) is 0.682. The molecule has 2 amide bonds. The van der Waals surface area contributed by atoms with Crippen LogP contribution in [-0.4, -0.2) is 68.5 Å². The topological polar surface area (TPSA) is 38.8 Å². The third kappa shape index (κ3) is 5.54. The molecule has 0 unspecified atom stereocenters. The number of piperazine rings is 1. The van der Waals surface area contributed by atoms with Gasteiger partial charge in [-0.3, -0.25) is 4.90 Å². The lowest BCUT2D eigenvalue weighted by Gasteiger charge is -2.37. The first-order valence-electron chi connectivity index (χ1n) is 15.0. The number of nitrogens with one attached hydrogen (secondary N) is 1. The molecule has 0 bridgehead atoms. The van der Waals surface area contributed by atoms with Gasteiger partial charge in [-0.25, -0.2) is 4.79 Å². The van der Waals surface area contributed by atoms with E-state index in [0.717, 1.165) is 0 Å². The number of nitrogens with zero attached hydrogens (tertiary/aromatic N) is 3. The average molecular weight is 418 g/mol. The van der Waals surface area contributed by atoms with Gasteiger partial charge in [-0.05, 0) is 63.1 Å². The minimum atomic E-state index is -3.22. The quantitative estimate of drug-likeness (QED) is 0.787. The smallest absolute Gasteiger partial charge is 0.317 e. The molecule has 3 rings (SSSR count). The van der Waals surface area contributed by atoms with E-state index in [1.807, 2.05) is 0 Å². The number of carbonyl (C=O) groups excluding carboxylic acids is 1. The van der Waals surface area contributed by atoms with Crippen LogP contribution in [0.3, 0.4) is 0 Å². The van der Waals surface area contributed by atoms with Gasteiger partial charge in [0.05, 0.1) is 20.3 Å². The van der Waals surface area contributed by atoms with Crippen molar-refractivity contribution in [3.8, 4) is 0 Å². The predicted octanol–water partition coefficient (Wildman–Crippen LogP) is 3.99. The van der Waals surface area contributed by atoms with Crippen LogP contribution in [-0.2, 0) is 0 Å². The molecule has 1 saturated carbocycles. The number of rotatable bonds is 5. The van der Waals surface area contributed by atoms with Crippen molar-refractivity contribution >= 4 is 23.3 Å². The van der Waals surface area contributed by atoms with Gasteiger partial charge in [-0.2, -0.15) is 0 Å². The van der Waals surface area contributed by atoms with Crippen molar-refractivity contribution in [1.29, 1.82) is 0 Å². The van der Waals surface area contributed by atoms with E-state index in [9.17, 15) is 4.79 Å². The van der Waals surface area contributed by atoms with Gasteiger partial charge in [0.25, 0.3) is 0 Å². The molecule has 28 heavy (non-hydrogen) atoms. The lowest BCUT2D eigenvalue weighted by molar-refractivity contribution is 0.194. The highest BCUT2D eigenvalue weighted by atomic mass is 35.5. The molecular weight excluding hydrogens is 372 g/mol. The van der Waals surface area contributed by atoms with Gasteiger partial charge < -0.3 is 15.1 Å². The number of anilines is 1. The second kappa shape index (κ2) is 9.84. The van der Waals surface area contributed by atoms with Crippen LogP contribution >= 0.6 is 11.6 Å². The molecule has 5 nitrogen and oxygen atoms in total. The van der Waals surface area contributed by atoms with Crippen LogP contribution in [0.15, 0.2) is 18.1 Å². The van der Waals surface area contributed by atoms with Crippen molar-refractivity contribution in [3.05, 3.63) is 28.7 Å². The molecule has 1 N–H and O–H groups in total. The maximum absolute atomic E-state index is 11.9. The van der Waals surface area contributed by atoms with Crippen LogP contribution in [0.25, 0.3) is 0 Å². The summed E-state index contributed by atoms with van der Waals surface area (Å²) in [6, 6.07) is -2.05. The van der Waals surface area contributed by atoms with Crippen LogP contribution in [0.5, 0.6) is 0 Å². The van der Waals surface area contributed by atoms with Crippen molar-refractivity contribution < 1.29 is 19.9 Å². The van der Waals surface area contributed by atoms with E-state index in [-0.39, 0.29) is 41.4 Å². The molecule has 1 aliphatic heterocycles. The number of hydrogen-bond donors (Lipinski definition) is 1. The Hall–Kier alpha value is -1.46. The number of amides is 2. The van der Waals surface area contributed by atoms with Crippen molar-refractivity contribution in [2.24, 2.45) is 5.92 Å². The molecule has 2 aliphatic rings. The van der Waals surface area contributed by atoms with Crippen molar-refractivity contribution in [2.75, 3.05) is 51.5 Å². The maximum atomic E-state index is 11.9. The molecule has 2 fully saturated rings. The fourth-order valence-electron chi connectivity index (χ4n) is 3.34. The monoisotopic (exact) mass is 417 g/mol. The standard InChI is InChI=1S/C22H35ClN4O/c1-17-5-4-6-20(21(17)23)27-15-13-26(14-16-27)12-11-18-7-9-19(10-8-18)24-22(28)25(2)3/h4-6,18-19H,7-16H2,1-3H3,(H,24,28)/t18-,19-/i4D,5D,6D,13D2,14D2,15D2,16D2. The molecule has 1 aromatic rings. The third-order valence-corrected chi connectivity index (χ3v) is 5.59. The van der Waals surface area contributed by atoms with E-state index in [4.69, 9.17) is 26.7 Å². The lowest BCUT2D eigenvalue weighted by Crippen LogP contribution is -2.47. The molecule has 0 radical (unpaired) electrons. The third-order valence-electron chi connectivity index (χ3n) is 5.13. The molecule has 156 valence electrons. The summed E-state index contributed by atoms with van der Waals surface area (Å²) in [4.78, 5) is 14.1. The summed E-state index contributed by atoms with van der Waals surface area (Å²) in [5, 5.41) is 2.52. The Morgan fingerprint density at radius 1 is 1.25 bits per heavy atom. The van der Waals surface area contributed by atoms with Gasteiger partial charge in [0.15, 0.2) is 0 Å². The molecule has 0 spiro atoms. The van der Waals surface area contributed by atoms with Crippen LogP contribution in [0.1, 0.15) is 52.7 Å². The Labute approximate surface area is 190 Å². The summed E-state index contributed by atoms with van der Waals surface area (Å²) in [7, 11) is 3.30. The Morgan fingerprint density at radius 3 is 2.57 bits per heavy atom. The molecular formula is C22H35ClN4O.